The Balaban J connectivity index is 1.80. The molecule has 6 heteroatoms. The highest BCUT2D eigenvalue weighted by atomic mass is 79.9. The van der Waals surface area contributed by atoms with Crippen LogP contribution in [0.2, 0.25) is 0 Å². The Labute approximate surface area is 108 Å². The van der Waals surface area contributed by atoms with E-state index in [0.29, 0.717) is 0 Å². The van der Waals surface area contributed by atoms with Crippen LogP contribution < -0.4 is 0 Å². The zero-order valence-electron chi connectivity index (χ0n) is 9.34. The highest BCUT2D eigenvalue weighted by Crippen LogP contribution is 2.11. The van der Waals surface area contributed by atoms with Crippen molar-refractivity contribution in [1.29, 1.82) is 0 Å². The first-order valence-electron chi connectivity index (χ1n) is 5.62. The maximum absolute atomic E-state index is 5.32. The molecule has 3 rings (SSSR count). The Morgan fingerprint density at radius 2 is 2.12 bits per heavy atom. The zero-order chi connectivity index (χ0) is 11.7. The molecule has 2 aromatic rings. The van der Waals surface area contributed by atoms with Crippen molar-refractivity contribution in [1.82, 2.24) is 19.5 Å². The van der Waals surface area contributed by atoms with Gasteiger partial charge < -0.3 is 4.74 Å². The molecule has 1 aliphatic heterocycles. The Bertz CT molecular complexity index is 521. The summed E-state index contributed by atoms with van der Waals surface area (Å²) in [6.07, 6.45) is 1.92. The van der Waals surface area contributed by atoms with E-state index >= 15 is 0 Å². The van der Waals surface area contributed by atoms with Gasteiger partial charge in [0, 0.05) is 23.8 Å². The number of aromatic nitrogens is 3. The molecule has 2 aromatic heterocycles. The monoisotopic (exact) mass is 296 g/mol. The maximum Gasteiger partial charge on any atom is 0.165 e. The third kappa shape index (κ3) is 2.48. The molecule has 17 heavy (non-hydrogen) atoms. The number of nitrogens with zero attached hydrogens (tertiary/aromatic N) is 4. The molecule has 0 amide bonds. The Hall–Kier alpha value is -0.980. The Morgan fingerprint density at radius 3 is 2.94 bits per heavy atom. The van der Waals surface area contributed by atoms with Gasteiger partial charge in [-0.1, -0.05) is 0 Å². The predicted octanol–water partition coefficient (Wildman–Crippen LogP) is 1.32. The van der Waals surface area contributed by atoms with E-state index < -0.39 is 0 Å². The van der Waals surface area contributed by atoms with Crippen LogP contribution >= 0.6 is 15.9 Å². The number of rotatable bonds is 2. The third-order valence-electron chi connectivity index (χ3n) is 2.81. The molecule has 0 saturated carbocycles. The topological polar surface area (TPSA) is 42.7 Å². The molecule has 0 aromatic carbocycles. The van der Waals surface area contributed by atoms with Crippen LogP contribution in [0, 0.1) is 0 Å². The fourth-order valence-electron chi connectivity index (χ4n) is 1.93. The van der Waals surface area contributed by atoms with Crippen molar-refractivity contribution >= 4 is 21.6 Å². The van der Waals surface area contributed by atoms with Crippen LogP contribution in [0.15, 0.2) is 22.8 Å². The smallest absolute Gasteiger partial charge is 0.165 e. The molecule has 0 radical (unpaired) electrons. The van der Waals surface area contributed by atoms with Crippen molar-refractivity contribution in [3.63, 3.8) is 0 Å². The number of hydrogen-bond acceptors (Lipinski definition) is 4. The van der Waals surface area contributed by atoms with Crippen LogP contribution in [0.3, 0.4) is 0 Å². The predicted molar refractivity (Wildman–Crippen MR) is 66.8 cm³/mol. The lowest BCUT2D eigenvalue weighted by Crippen LogP contribution is -2.35. The largest absolute Gasteiger partial charge is 0.379 e. The lowest BCUT2D eigenvalue weighted by molar-refractivity contribution is 0.0331. The number of halogens is 1. The van der Waals surface area contributed by atoms with Gasteiger partial charge in [-0.2, -0.15) is 0 Å². The van der Waals surface area contributed by atoms with E-state index in [9.17, 15) is 0 Å². The summed E-state index contributed by atoms with van der Waals surface area (Å²) in [5.41, 5.74) is 0.886. The fraction of sp³-hybridized carbons (Fsp3) is 0.455. The summed E-state index contributed by atoms with van der Waals surface area (Å²) in [6.45, 7) is 4.32. The van der Waals surface area contributed by atoms with E-state index in [1.165, 1.54) is 0 Å². The van der Waals surface area contributed by atoms with Gasteiger partial charge >= 0.3 is 0 Å². The molecule has 0 N–H and O–H groups in total. The van der Waals surface area contributed by atoms with E-state index in [-0.39, 0.29) is 0 Å². The first-order valence-corrected chi connectivity index (χ1v) is 6.41. The molecule has 0 atom stereocenters. The number of ether oxygens (including phenoxy) is 1. The molecular weight excluding hydrogens is 284 g/mol. The zero-order valence-corrected chi connectivity index (χ0v) is 10.9. The van der Waals surface area contributed by atoms with E-state index in [2.05, 4.69) is 30.9 Å². The van der Waals surface area contributed by atoms with Gasteiger partial charge in [0.05, 0.1) is 19.8 Å². The third-order valence-corrected chi connectivity index (χ3v) is 3.28. The molecule has 3 heterocycles. The van der Waals surface area contributed by atoms with Crippen molar-refractivity contribution in [3.8, 4) is 0 Å². The number of morpholine rings is 1. The second-order valence-corrected chi connectivity index (χ2v) is 4.98. The normalized spacial score (nSPS) is 17.7. The summed E-state index contributed by atoms with van der Waals surface area (Å²) in [7, 11) is 0. The minimum atomic E-state index is 0.794. The molecule has 0 aliphatic carbocycles. The summed E-state index contributed by atoms with van der Waals surface area (Å²) in [5.74, 6) is 0.866. The van der Waals surface area contributed by atoms with Crippen LogP contribution in [-0.4, -0.2) is 45.8 Å². The second-order valence-electron chi connectivity index (χ2n) is 4.07. The van der Waals surface area contributed by atoms with E-state index in [0.717, 1.165) is 48.8 Å². The van der Waals surface area contributed by atoms with Gasteiger partial charge in [-0.05, 0) is 28.1 Å². The quantitative estimate of drug-likeness (QED) is 0.838. The van der Waals surface area contributed by atoms with E-state index in [1.54, 1.807) is 4.52 Å². The summed E-state index contributed by atoms with van der Waals surface area (Å²) < 4.78 is 8.13. The standard InChI is InChI=1S/C11H13BrN4O/c12-9-1-2-11-13-10(14-16(11)7-9)8-15-3-5-17-6-4-15/h1-2,7H,3-6,8H2. The van der Waals surface area contributed by atoms with Crippen molar-refractivity contribution in [3.05, 3.63) is 28.6 Å². The van der Waals surface area contributed by atoms with Crippen molar-refractivity contribution in [2.75, 3.05) is 26.3 Å². The minimum Gasteiger partial charge on any atom is -0.379 e. The molecule has 0 spiro atoms. The first-order chi connectivity index (χ1) is 8.31. The lowest BCUT2D eigenvalue weighted by atomic mass is 10.4. The van der Waals surface area contributed by atoms with Gasteiger partial charge in [0.15, 0.2) is 11.5 Å². The molecule has 5 nitrogen and oxygen atoms in total. The number of hydrogen-bond donors (Lipinski definition) is 0. The van der Waals surface area contributed by atoms with Crippen LogP contribution in [0.5, 0.6) is 0 Å². The lowest BCUT2D eigenvalue weighted by Gasteiger charge is -2.25. The highest BCUT2D eigenvalue weighted by molar-refractivity contribution is 9.10. The second kappa shape index (κ2) is 4.72. The van der Waals surface area contributed by atoms with Crippen molar-refractivity contribution < 1.29 is 4.74 Å². The van der Waals surface area contributed by atoms with Crippen molar-refractivity contribution in [2.24, 2.45) is 0 Å². The maximum atomic E-state index is 5.32. The van der Waals surface area contributed by atoms with Crippen LogP contribution in [0.4, 0.5) is 0 Å². The van der Waals surface area contributed by atoms with Gasteiger partial charge in [0.1, 0.15) is 0 Å². The van der Waals surface area contributed by atoms with Crippen LogP contribution in [0.1, 0.15) is 5.82 Å². The molecular formula is C11H13BrN4O. The SMILES string of the molecule is Brc1ccc2nc(CN3CCOCC3)nn2c1. The van der Waals surface area contributed by atoms with Crippen LogP contribution in [0.25, 0.3) is 5.65 Å². The molecule has 1 aliphatic rings. The van der Waals surface area contributed by atoms with Crippen molar-refractivity contribution in [2.45, 2.75) is 6.54 Å². The Morgan fingerprint density at radius 1 is 1.29 bits per heavy atom. The molecule has 1 saturated heterocycles. The summed E-state index contributed by atoms with van der Waals surface area (Å²) in [4.78, 5) is 6.81. The number of pyridine rings is 1. The van der Waals surface area contributed by atoms with Gasteiger partial charge in [0.25, 0.3) is 0 Å². The molecule has 0 bridgehead atoms. The molecule has 0 unspecified atom stereocenters. The average Bonchev–Trinajstić information content (AvgIpc) is 2.71. The Kier molecular flexibility index (Phi) is 3.09. The van der Waals surface area contributed by atoms with Gasteiger partial charge in [0.2, 0.25) is 0 Å². The summed E-state index contributed by atoms with van der Waals surface area (Å²) in [6, 6.07) is 3.93. The van der Waals surface area contributed by atoms with E-state index in [1.807, 2.05) is 18.3 Å². The molecule has 90 valence electrons. The van der Waals surface area contributed by atoms with Gasteiger partial charge in [-0.3, -0.25) is 4.90 Å². The van der Waals surface area contributed by atoms with E-state index in [4.69, 9.17) is 4.74 Å². The van der Waals surface area contributed by atoms with Gasteiger partial charge in [-0.25, -0.2) is 9.50 Å². The minimum absolute atomic E-state index is 0.794. The fourth-order valence-corrected chi connectivity index (χ4v) is 2.26. The van der Waals surface area contributed by atoms with Crippen LogP contribution in [-0.2, 0) is 11.3 Å². The first kappa shape index (κ1) is 11.1. The average molecular weight is 297 g/mol. The summed E-state index contributed by atoms with van der Waals surface area (Å²) >= 11 is 3.42. The van der Waals surface area contributed by atoms with Gasteiger partial charge in [-0.15, -0.1) is 5.10 Å². The highest BCUT2D eigenvalue weighted by Gasteiger charge is 2.13. The molecule has 1 fully saturated rings. The number of fused-ring (bicyclic) bond motifs is 1. The summed E-state index contributed by atoms with van der Waals surface area (Å²) in [5, 5.41) is 4.46.